The van der Waals surface area contributed by atoms with Crippen LogP contribution >= 0.6 is 0 Å². The van der Waals surface area contributed by atoms with Gasteiger partial charge in [0.25, 0.3) is 0 Å². The van der Waals surface area contributed by atoms with Crippen molar-refractivity contribution < 1.29 is 14.3 Å². The second kappa shape index (κ2) is 5.69. The van der Waals surface area contributed by atoms with E-state index >= 15 is 0 Å². The Labute approximate surface area is 122 Å². The molecule has 0 saturated heterocycles. The highest BCUT2D eigenvalue weighted by molar-refractivity contribution is 5.92. The molecule has 0 saturated carbocycles. The average molecular weight is 286 g/mol. The van der Waals surface area contributed by atoms with Gasteiger partial charge in [0, 0.05) is 18.7 Å². The van der Waals surface area contributed by atoms with Gasteiger partial charge in [-0.3, -0.25) is 4.90 Å². The number of hydrogen-bond acceptors (Lipinski definition) is 4. The summed E-state index contributed by atoms with van der Waals surface area (Å²) in [4.78, 5) is 17.8. The van der Waals surface area contributed by atoms with E-state index < -0.39 is 5.97 Å². The molecule has 21 heavy (non-hydrogen) atoms. The van der Waals surface area contributed by atoms with Crippen molar-refractivity contribution in [3.05, 3.63) is 35.7 Å². The maximum atomic E-state index is 11.0. The predicted octanol–water partition coefficient (Wildman–Crippen LogP) is 3.03. The highest BCUT2D eigenvalue weighted by Gasteiger charge is 2.17. The number of carboxylic acid groups (broad SMARTS) is 1. The standard InChI is InChI=1S/C16H18N2O3/c1-2-7-18-8-5-11(6-9-18)15-17-13-10-12(16(19)20)3-4-14(13)21-15/h3-5,10H,2,6-9H2,1H3,(H,19,20). The molecule has 0 radical (unpaired) electrons. The summed E-state index contributed by atoms with van der Waals surface area (Å²) in [6, 6.07) is 4.76. The average Bonchev–Trinajstić information content (AvgIpc) is 2.91. The first-order valence-corrected chi connectivity index (χ1v) is 7.23. The van der Waals surface area contributed by atoms with Crippen molar-refractivity contribution in [1.82, 2.24) is 9.88 Å². The van der Waals surface area contributed by atoms with E-state index in [0.29, 0.717) is 17.0 Å². The molecule has 0 amide bonds. The summed E-state index contributed by atoms with van der Waals surface area (Å²) in [6.07, 6.45) is 4.23. The third-order valence-corrected chi connectivity index (χ3v) is 3.74. The maximum Gasteiger partial charge on any atom is 0.335 e. The van der Waals surface area contributed by atoms with Crippen LogP contribution in [0.2, 0.25) is 0 Å². The Morgan fingerprint density at radius 3 is 3.00 bits per heavy atom. The van der Waals surface area contributed by atoms with E-state index in [-0.39, 0.29) is 5.56 Å². The molecule has 2 heterocycles. The van der Waals surface area contributed by atoms with Crippen LogP contribution in [0.1, 0.15) is 36.0 Å². The molecule has 110 valence electrons. The predicted molar refractivity (Wildman–Crippen MR) is 80.3 cm³/mol. The molecule has 0 bridgehead atoms. The molecule has 2 aromatic rings. The van der Waals surface area contributed by atoms with Crippen LogP contribution in [0.5, 0.6) is 0 Å². The largest absolute Gasteiger partial charge is 0.478 e. The number of carboxylic acids is 1. The molecule has 1 aromatic heterocycles. The lowest BCUT2D eigenvalue weighted by molar-refractivity contribution is 0.0697. The van der Waals surface area contributed by atoms with E-state index in [1.807, 2.05) is 0 Å². The molecule has 3 rings (SSSR count). The summed E-state index contributed by atoms with van der Waals surface area (Å²) >= 11 is 0. The van der Waals surface area contributed by atoms with Crippen LogP contribution in [0.3, 0.4) is 0 Å². The third-order valence-electron chi connectivity index (χ3n) is 3.74. The molecule has 5 heteroatoms. The van der Waals surface area contributed by atoms with Gasteiger partial charge < -0.3 is 9.52 Å². The first kappa shape index (κ1) is 13.8. The zero-order valence-electron chi connectivity index (χ0n) is 12.0. The molecule has 1 aliphatic heterocycles. The van der Waals surface area contributed by atoms with Gasteiger partial charge in [-0.15, -0.1) is 0 Å². The second-order valence-electron chi connectivity index (χ2n) is 5.29. The van der Waals surface area contributed by atoms with E-state index in [4.69, 9.17) is 9.52 Å². The zero-order valence-corrected chi connectivity index (χ0v) is 12.0. The third kappa shape index (κ3) is 2.83. The number of carbonyl (C=O) groups is 1. The Bertz CT molecular complexity index is 703. The number of fused-ring (bicyclic) bond motifs is 1. The maximum absolute atomic E-state index is 11.0. The quantitative estimate of drug-likeness (QED) is 0.935. The molecule has 0 spiro atoms. The van der Waals surface area contributed by atoms with Crippen LogP contribution in [0.4, 0.5) is 0 Å². The number of rotatable bonds is 4. The highest BCUT2D eigenvalue weighted by atomic mass is 16.4. The number of aromatic nitrogens is 1. The van der Waals surface area contributed by atoms with E-state index in [0.717, 1.165) is 38.0 Å². The first-order chi connectivity index (χ1) is 10.2. The van der Waals surface area contributed by atoms with E-state index in [1.165, 1.54) is 6.07 Å². The molecule has 0 unspecified atom stereocenters. The van der Waals surface area contributed by atoms with Crippen LogP contribution in [0.15, 0.2) is 28.7 Å². The van der Waals surface area contributed by atoms with Gasteiger partial charge in [-0.1, -0.05) is 13.0 Å². The Hall–Kier alpha value is -2.14. The van der Waals surface area contributed by atoms with Gasteiger partial charge in [0.2, 0.25) is 5.89 Å². The monoisotopic (exact) mass is 286 g/mol. The normalized spacial score (nSPS) is 16.1. The molecule has 0 fully saturated rings. The summed E-state index contributed by atoms with van der Waals surface area (Å²) < 4.78 is 5.75. The number of hydrogen-bond donors (Lipinski definition) is 1. The fraction of sp³-hybridized carbons (Fsp3) is 0.375. The number of benzene rings is 1. The summed E-state index contributed by atoms with van der Waals surface area (Å²) in [7, 11) is 0. The van der Waals surface area contributed by atoms with E-state index in [1.54, 1.807) is 12.1 Å². The van der Waals surface area contributed by atoms with Gasteiger partial charge in [-0.2, -0.15) is 0 Å². The summed E-state index contributed by atoms with van der Waals surface area (Å²) in [5.41, 5.74) is 2.57. The van der Waals surface area contributed by atoms with Gasteiger partial charge in [0.05, 0.1) is 5.56 Å². The first-order valence-electron chi connectivity index (χ1n) is 7.23. The van der Waals surface area contributed by atoms with E-state index in [2.05, 4.69) is 22.9 Å². The van der Waals surface area contributed by atoms with Gasteiger partial charge >= 0.3 is 5.97 Å². The smallest absolute Gasteiger partial charge is 0.335 e. The number of aromatic carboxylic acids is 1. The van der Waals surface area contributed by atoms with Crippen molar-refractivity contribution in [2.24, 2.45) is 0 Å². The fourth-order valence-electron chi connectivity index (χ4n) is 2.62. The molecule has 5 nitrogen and oxygen atoms in total. The molecule has 1 aromatic carbocycles. The highest BCUT2D eigenvalue weighted by Crippen LogP contribution is 2.26. The van der Waals surface area contributed by atoms with Gasteiger partial charge in [0.15, 0.2) is 5.58 Å². The summed E-state index contributed by atoms with van der Waals surface area (Å²) in [5.74, 6) is -0.336. The number of oxazole rings is 1. The Morgan fingerprint density at radius 2 is 2.33 bits per heavy atom. The van der Waals surface area contributed by atoms with Gasteiger partial charge in [0.1, 0.15) is 5.52 Å². The summed E-state index contributed by atoms with van der Waals surface area (Å²) in [6.45, 7) is 5.22. The van der Waals surface area contributed by atoms with Crippen LogP contribution in [0, 0.1) is 0 Å². The van der Waals surface area contributed by atoms with Crippen LogP contribution in [-0.2, 0) is 0 Å². The Morgan fingerprint density at radius 1 is 1.48 bits per heavy atom. The molecule has 0 atom stereocenters. The molecular formula is C16H18N2O3. The van der Waals surface area contributed by atoms with Crippen molar-refractivity contribution in [3.8, 4) is 0 Å². The molecule has 1 N–H and O–H groups in total. The summed E-state index contributed by atoms with van der Waals surface area (Å²) in [5, 5.41) is 9.00. The van der Waals surface area contributed by atoms with Crippen molar-refractivity contribution in [3.63, 3.8) is 0 Å². The van der Waals surface area contributed by atoms with Crippen molar-refractivity contribution in [2.45, 2.75) is 19.8 Å². The van der Waals surface area contributed by atoms with Crippen molar-refractivity contribution in [2.75, 3.05) is 19.6 Å². The number of nitrogens with zero attached hydrogens (tertiary/aromatic N) is 2. The lowest BCUT2D eigenvalue weighted by Gasteiger charge is -2.24. The topological polar surface area (TPSA) is 66.6 Å². The Kier molecular flexibility index (Phi) is 3.75. The minimum absolute atomic E-state index is 0.231. The van der Waals surface area contributed by atoms with Crippen molar-refractivity contribution in [1.29, 1.82) is 0 Å². The van der Waals surface area contributed by atoms with Crippen LogP contribution in [-0.4, -0.2) is 40.6 Å². The molecule has 0 aliphatic carbocycles. The minimum Gasteiger partial charge on any atom is -0.478 e. The lowest BCUT2D eigenvalue weighted by Crippen LogP contribution is -2.29. The van der Waals surface area contributed by atoms with Crippen LogP contribution < -0.4 is 0 Å². The zero-order chi connectivity index (χ0) is 14.8. The van der Waals surface area contributed by atoms with Crippen LogP contribution in [0.25, 0.3) is 16.7 Å². The van der Waals surface area contributed by atoms with Gasteiger partial charge in [-0.05, 0) is 37.6 Å². The minimum atomic E-state index is -0.950. The van der Waals surface area contributed by atoms with Gasteiger partial charge in [-0.25, -0.2) is 9.78 Å². The Balaban J connectivity index is 1.86. The fourth-order valence-corrected chi connectivity index (χ4v) is 2.62. The second-order valence-corrected chi connectivity index (χ2v) is 5.29. The molecular weight excluding hydrogens is 268 g/mol. The molecule has 1 aliphatic rings. The van der Waals surface area contributed by atoms with E-state index in [9.17, 15) is 4.79 Å². The lowest BCUT2D eigenvalue weighted by atomic mass is 10.1. The SMILES string of the molecule is CCCN1CC=C(c2nc3cc(C(=O)O)ccc3o2)CC1. The van der Waals surface area contributed by atoms with Crippen molar-refractivity contribution >= 4 is 22.6 Å².